The van der Waals surface area contributed by atoms with Crippen LogP contribution in [0.1, 0.15) is 35.7 Å². The van der Waals surface area contributed by atoms with Crippen LogP contribution < -0.4 is 10.2 Å². The van der Waals surface area contributed by atoms with Crippen molar-refractivity contribution in [3.05, 3.63) is 113 Å². The average Bonchev–Trinajstić information content (AvgIpc) is 3.65. The third kappa shape index (κ3) is 4.81. The number of carbonyl (C=O) groups is 2. The molecule has 0 spiro atoms. The zero-order valence-corrected chi connectivity index (χ0v) is 21.9. The lowest BCUT2D eigenvalue weighted by atomic mass is 9.97. The number of fused-ring (bicyclic) bond motifs is 3. The molecule has 1 N–H and O–H groups in total. The number of carbonyl (C=O) groups excluding carboxylic acids is 2. The van der Waals surface area contributed by atoms with Gasteiger partial charge in [0.2, 0.25) is 5.91 Å². The second kappa shape index (κ2) is 10.1. The summed E-state index contributed by atoms with van der Waals surface area (Å²) in [5.74, 6) is -0.365. The summed E-state index contributed by atoms with van der Waals surface area (Å²) < 4.78 is 42.7. The maximum atomic E-state index is 14.2. The van der Waals surface area contributed by atoms with Gasteiger partial charge in [-0.3, -0.25) is 9.69 Å². The van der Waals surface area contributed by atoms with E-state index in [1.54, 1.807) is 17.0 Å². The molecule has 1 fully saturated rings. The van der Waals surface area contributed by atoms with Crippen LogP contribution in [0.4, 0.5) is 29.3 Å². The fraction of sp³-hybridized carbons (Fsp3) is 0.200. The van der Waals surface area contributed by atoms with Crippen LogP contribution in [-0.4, -0.2) is 34.0 Å². The Morgan fingerprint density at radius 3 is 2.38 bits per heavy atom. The van der Waals surface area contributed by atoms with Gasteiger partial charge in [-0.05, 0) is 66.9 Å². The molecule has 0 saturated heterocycles. The van der Waals surface area contributed by atoms with Crippen molar-refractivity contribution < 1.29 is 22.8 Å². The van der Waals surface area contributed by atoms with Crippen molar-refractivity contribution in [3.63, 3.8) is 0 Å². The third-order valence-corrected chi connectivity index (χ3v) is 7.42. The summed E-state index contributed by atoms with van der Waals surface area (Å²) >= 11 is 6.34. The summed E-state index contributed by atoms with van der Waals surface area (Å²) in [5.41, 5.74) is 1.79. The van der Waals surface area contributed by atoms with Crippen LogP contribution in [0.15, 0.2) is 91.1 Å². The van der Waals surface area contributed by atoms with Gasteiger partial charge in [0.05, 0.1) is 28.3 Å². The molecular weight excluding hydrogens is 541 g/mol. The predicted octanol–water partition coefficient (Wildman–Crippen LogP) is 7.28. The number of para-hydroxylation sites is 3. The molecule has 0 radical (unpaired) electrons. The quantitative estimate of drug-likeness (QED) is 0.277. The van der Waals surface area contributed by atoms with Gasteiger partial charge in [-0.25, -0.2) is 4.79 Å². The maximum absolute atomic E-state index is 14.2. The molecule has 1 saturated carbocycles. The Morgan fingerprint density at radius 1 is 0.925 bits per heavy atom. The number of nitrogens with zero attached hydrogens (tertiary/aromatic N) is 3. The Bertz CT molecular complexity index is 1600. The number of urea groups is 1. The molecule has 2 heterocycles. The third-order valence-electron chi connectivity index (χ3n) is 7.18. The van der Waals surface area contributed by atoms with E-state index in [0.717, 1.165) is 23.0 Å². The van der Waals surface area contributed by atoms with E-state index in [0.29, 0.717) is 23.6 Å². The molecule has 204 valence electrons. The van der Waals surface area contributed by atoms with Gasteiger partial charge in [0, 0.05) is 17.3 Å². The first-order chi connectivity index (χ1) is 19.2. The Labute approximate surface area is 233 Å². The molecule has 4 aromatic rings. The van der Waals surface area contributed by atoms with Gasteiger partial charge < -0.3 is 14.8 Å². The first-order valence-electron chi connectivity index (χ1n) is 12.8. The van der Waals surface area contributed by atoms with E-state index in [1.807, 2.05) is 59.3 Å². The number of aromatic nitrogens is 1. The molecule has 3 aromatic carbocycles. The molecule has 1 unspecified atom stereocenters. The number of halogens is 4. The Balaban J connectivity index is 1.35. The van der Waals surface area contributed by atoms with Crippen molar-refractivity contribution in [2.75, 3.05) is 16.8 Å². The Hall–Kier alpha value is -4.24. The van der Waals surface area contributed by atoms with Crippen LogP contribution in [0.3, 0.4) is 0 Å². The summed E-state index contributed by atoms with van der Waals surface area (Å²) in [6.45, 7) is -0.309. The highest BCUT2D eigenvalue weighted by atomic mass is 35.5. The molecule has 3 amide bonds. The van der Waals surface area contributed by atoms with Crippen LogP contribution in [-0.2, 0) is 11.0 Å². The molecule has 2 aliphatic rings. The lowest BCUT2D eigenvalue weighted by Gasteiger charge is -2.39. The highest BCUT2D eigenvalue weighted by Crippen LogP contribution is 2.43. The topological polar surface area (TPSA) is 57.6 Å². The van der Waals surface area contributed by atoms with Crippen molar-refractivity contribution in [1.82, 2.24) is 9.47 Å². The second-order valence-electron chi connectivity index (χ2n) is 9.85. The molecular formula is C30H24ClF3N4O2. The number of benzene rings is 3. The summed E-state index contributed by atoms with van der Waals surface area (Å²) in [4.78, 5) is 30.5. The number of amides is 3. The van der Waals surface area contributed by atoms with Gasteiger partial charge in [0.25, 0.3) is 0 Å². The largest absolute Gasteiger partial charge is 0.418 e. The molecule has 40 heavy (non-hydrogen) atoms. The van der Waals surface area contributed by atoms with Crippen molar-refractivity contribution in [2.24, 2.45) is 0 Å². The van der Waals surface area contributed by atoms with Crippen LogP contribution in [0, 0.1) is 0 Å². The number of nitrogens with one attached hydrogen (secondary N) is 1. The summed E-state index contributed by atoms with van der Waals surface area (Å²) in [6.07, 6.45) is -1.38. The first-order valence-corrected chi connectivity index (χ1v) is 13.2. The van der Waals surface area contributed by atoms with Gasteiger partial charge in [-0.2, -0.15) is 13.2 Å². The van der Waals surface area contributed by atoms with Crippen LogP contribution >= 0.6 is 11.6 Å². The fourth-order valence-corrected chi connectivity index (χ4v) is 5.45. The van der Waals surface area contributed by atoms with Gasteiger partial charge in [0.1, 0.15) is 12.6 Å². The normalized spacial score (nSPS) is 16.2. The molecule has 1 aliphatic carbocycles. The molecule has 6 rings (SSSR count). The van der Waals surface area contributed by atoms with E-state index in [-0.39, 0.29) is 24.2 Å². The zero-order valence-electron chi connectivity index (χ0n) is 21.1. The van der Waals surface area contributed by atoms with Gasteiger partial charge in [-0.1, -0.05) is 48.0 Å². The van der Waals surface area contributed by atoms with Gasteiger partial charge in [0.15, 0.2) is 0 Å². The highest BCUT2D eigenvalue weighted by molar-refractivity contribution is 6.30. The highest BCUT2D eigenvalue weighted by Gasteiger charge is 2.41. The van der Waals surface area contributed by atoms with Crippen LogP contribution in [0.5, 0.6) is 0 Å². The lowest BCUT2D eigenvalue weighted by molar-refractivity contribution is -0.137. The smallest absolute Gasteiger partial charge is 0.316 e. The number of alkyl halides is 3. The van der Waals surface area contributed by atoms with Crippen LogP contribution in [0.2, 0.25) is 5.02 Å². The SMILES string of the molecule is O=C(Nc1ccccc1C(F)(F)F)N(CC(=O)N1c2ccccc2-n2cccc2C1c1cccc(Cl)c1)C1CC1. The standard InChI is InChI=1S/C30H24ClF3N4O2/c31-20-8-5-7-19(17-20)28-26-13-6-16-36(26)24-11-3-4-12-25(24)38(28)27(39)18-37(21-14-15-21)29(40)35-23-10-2-1-9-22(23)30(32,33)34/h1-13,16-17,21,28H,14-15,18H2,(H,35,40). The molecule has 10 heteroatoms. The van der Waals surface area contributed by atoms with E-state index >= 15 is 0 Å². The zero-order chi connectivity index (χ0) is 28.0. The first kappa shape index (κ1) is 26.0. The molecule has 6 nitrogen and oxygen atoms in total. The van der Waals surface area contributed by atoms with Crippen molar-refractivity contribution in [1.29, 1.82) is 0 Å². The van der Waals surface area contributed by atoms with Crippen molar-refractivity contribution >= 4 is 34.9 Å². The number of anilines is 2. The fourth-order valence-electron chi connectivity index (χ4n) is 5.26. The summed E-state index contributed by atoms with van der Waals surface area (Å²) in [5, 5.41) is 2.92. The van der Waals surface area contributed by atoms with E-state index < -0.39 is 23.8 Å². The van der Waals surface area contributed by atoms with Crippen LogP contribution in [0.25, 0.3) is 5.69 Å². The van der Waals surface area contributed by atoms with Crippen molar-refractivity contribution in [2.45, 2.75) is 31.1 Å². The number of hydrogen-bond acceptors (Lipinski definition) is 2. The summed E-state index contributed by atoms with van der Waals surface area (Å²) in [7, 11) is 0. The average molecular weight is 565 g/mol. The second-order valence-corrected chi connectivity index (χ2v) is 10.3. The monoisotopic (exact) mass is 564 g/mol. The molecule has 1 aromatic heterocycles. The maximum Gasteiger partial charge on any atom is 0.418 e. The Morgan fingerprint density at radius 2 is 1.65 bits per heavy atom. The van der Waals surface area contributed by atoms with E-state index in [4.69, 9.17) is 11.6 Å². The Kier molecular flexibility index (Phi) is 6.54. The number of rotatable bonds is 5. The van der Waals surface area contributed by atoms with Gasteiger partial charge >= 0.3 is 12.2 Å². The minimum atomic E-state index is -4.64. The van der Waals surface area contributed by atoms with E-state index in [1.165, 1.54) is 23.1 Å². The van der Waals surface area contributed by atoms with Crippen molar-refractivity contribution in [3.8, 4) is 5.69 Å². The minimum absolute atomic E-state index is 0.240. The van der Waals surface area contributed by atoms with Gasteiger partial charge in [-0.15, -0.1) is 0 Å². The molecule has 1 aliphatic heterocycles. The predicted molar refractivity (Wildman–Crippen MR) is 147 cm³/mol. The molecule has 1 atom stereocenters. The minimum Gasteiger partial charge on any atom is -0.316 e. The van der Waals surface area contributed by atoms with E-state index in [9.17, 15) is 22.8 Å². The summed E-state index contributed by atoms with van der Waals surface area (Å²) in [6, 6.07) is 21.8. The lowest BCUT2D eigenvalue weighted by Crippen LogP contribution is -2.48. The number of hydrogen-bond donors (Lipinski definition) is 1. The molecule has 0 bridgehead atoms. The van der Waals surface area contributed by atoms with E-state index in [2.05, 4.69) is 5.32 Å².